The molecule has 1 aromatic carbocycles. The number of nitrogens with zero attached hydrogens (tertiary/aromatic N) is 1. The number of carbonyl (C=O) groups is 2. The highest BCUT2D eigenvalue weighted by molar-refractivity contribution is 7.99. The summed E-state index contributed by atoms with van der Waals surface area (Å²) in [4.78, 5) is 41.9. The van der Waals surface area contributed by atoms with Crippen molar-refractivity contribution in [2.75, 3.05) is 12.9 Å². The maximum Gasteiger partial charge on any atom is 0.255 e. The molecule has 2 N–H and O–H groups in total. The number of rotatable bonds is 7. The SMILES string of the molecule is COc1cc(=O)[nH]c(SCC(=O)NC(C(C)=O)c2ccccc2)n1. The molecular weight excluding hydrogens is 330 g/mol. The Morgan fingerprint density at radius 2 is 2.04 bits per heavy atom. The number of methoxy groups -OCH3 is 1. The zero-order valence-electron chi connectivity index (χ0n) is 13.2. The van der Waals surface area contributed by atoms with Crippen molar-refractivity contribution in [2.24, 2.45) is 0 Å². The van der Waals surface area contributed by atoms with E-state index < -0.39 is 6.04 Å². The Labute approximate surface area is 142 Å². The van der Waals surface area contributed by atoms with Crippen LogP contribution >= 0.6 is 11.8 Å². The van der Waals surface area contributed by atoms with Gasteiger partial charge in [-0.25, -0.2) is 0 Å². The van der Waals surface area contributed by atoms with E-state index in [0.717, 1.165) is 17.3 Å². The molecule has 7 nitrogen and oxygen atoms in total. The van der Waals surface area contributed by atoms with Gasteiger partial charge in [-0.05, 0) is 12.5 Å². The third-order valence-electron chi connectivity index (χ3n) is 3.09. The van der Waals surface area contributed by atoms with Crippen LogP contribution < -0.4 is 15.6 Å². The molecule has 0 bridgehead atoms. The first-order valence-electron chi connectivity index (χ1n) is 7.12. The van der Waals surface area contributed by atoms with Crippen molar-refractivity contribution in [3.63, 3.8) is 0 Å². The highest BCUT2D eigenvalue weighted by atomic mass is 32.2. The van der Waals surface area contributed by atoms with Gasteiger partial charge in [0.25, 0.3) is 5.56 Å². The van der Waals surface area contributed by atoms with Crippen LogP contribution in [0.15, 0.2) is 46.3 Å². The first-order valence-corrected chi connectivity index (χ1v) is 8.11. The van der Waals surface area contributed by atoms with Gasteiger partial charge in [0.05, 0.1) is 18.9 Å². The van der Waals surface area contributed by atoms with Crippen LogP contribution in [-0.4, -0.2) is 34.5 Å². The van der Waals surface area contributed by atoms with Gasteiger partial charge in [0, 0.05) is 0 Å². The molecule has 126 valence electrons. The Hall–Kier alpha value is -2.61. The van der Waals surface area contributed by atoms with E-state index in [1.165, 1.54) is 20.1 Å². The summed E-state index contributed by atoms with van der Waals surface area (Å²) in [5, 5.41) is 2.96. The van der Waals surface area contributed by atoms with Crippen LogP contribution in [0.3, 0.4) is 0 Å². The van der Waals surface area contributed by atoms with Gasteiger partial charge in [-0.2, -0.15) is 4.98 Å². The summed E-state index contributed by atoms with van der Waals surface area (Å²) in [6.45, 7) is 1.42. The van der Waals surface area contributed by atoms with Crippen molar-refractivity contribution in [3.8, 4) is 5.88 Å². The summed E-state index contributed by atoms with van der Waals surface area (Å²) in [5.74, 6) is -0.318. The van der Waals surface area contributed by atoms with Crippen molar-refractivity contribution < 1.29 is 14.3 Å². The monoisotopic (exact) mass is 347 g/mol. The molecule has 2 rings (SSSR count). The minimum atomic E-state index is -0.698. The summed E-state index contributed by atoms with van der Waals surface area (Å²) in [5.41, 5.74) is 0.354. The zero-order valence-corrected chi connectivity index (χ0v) is 14.1. The number of H-pyrrole nitrogens is 1. The predicted molar refractivity (Wildman–Crippen MR) is 90.1 cm³/mol. The molecule has 8 heteroatoms. The van der Waals surface area contributed by atoms with E-state index in [9.17, 15) is 14.4 Å². The van der Waals surface area contributed by atoms with Crippen LogP contribution in [0.5, 0.6) is 5.88 Å². The topological polar surface area (TPSA) is 101 Å². The Morgan fingerprint density at radius 1 is 1.33 bits per heavy atom. The number of nitrogens with one attached hydrogen (secondary N) is 2. The van der Waals surface area contributed by atoms with E-state index in [0.29, 0.717) is 0 Å². The molecule has 0 radical (unpaired) electrons. The smallest absolute Gasteiger partial charge is 0.255 e. The Morgan fingerprint density at radius 3 is 2.67 bits per heavy atom. The average molecular weight is 347 g/mol. The fourth-order valence-electron chi connectivity index (χ4n) is 1.99. The molecule has 0 aliphatic heterocycles. The second-order valence-electron chi connectivity index (χ2n) is 4.90. The molecule has 0 spiro atoms. The fourth-order valence-corrected chi connectivity index (χ4v) is 2.67. The molecular formula is C16H17N3O4S. The molecule has 0 saturated carbocycles. The third-order valence-corrected chi connectivity index (χ3v) is 3.96. The maximum atomic E-state index is 12.1. The first kappa shape index (κ1) is 17.7. The van der Waals surface area contributed by atoms with Crippen LogP contribution in [0.25, 0.3) is 0 Å². The number of ketones is 1. The number of ether oxygens (including phenoxy) is 1. The number of carbonyl (C=O) groups excluding carboxylic acids is 2. The fraction of sp³-hybridized carbons (Fsp3) is 0.250. The summed E-state index contributed by atoms with van der Waals surface area (Å²) >= 11 is 1.05. The summed E-state index contributed by atoms with van der Waals surface area (Å²) in [6.07, 6.45) is 0. The Bertz CT molecular complexity index is 776. The molecule has 1 atom stereocenters. The van der Waals surface area contributed by atoms with Crippen LogP contribution in [0.2, 0.25) is 0 Å². The van der Waals surface area contributed by atoms with E-state index in [-0.39, 0.29) is 34.0 Å². The van der Waals surface area contributed by atoms with Crippen LogP contribution in [0.1, 0.15) is 18.5 Å². The normalized spacial score (nSPS) is 11.6. The number of Topliss-reactive ketones (excluding diaryl/α,β-unsaturated/α-hetero) is 1. The molecule has 0 aliphatic rings. The number of benzene rings is 1. The second kappa shape index (κ2) is 8.30. The van der Waals surface area contributed by atoms with Gasteiger partial charge in [-0.1, -0.05) is 42.1 Å². The number of hydrogen-bond donors (Lipinski definition) is 2. The van der Waals surface area contributed by atoms with Crippen molar-refractivity contribution in [1.82, 2.24) is 15.3 Å². The zero-order chi connectivity index (χ0) is 17.5. The van der Waals surface area contributed by atoms with Crippen molar-refractivity contribution in [2.45, 2.75) is 18.1 Å². The molecule has 24 heavy (non-hydrogen) atoms. The highest BCUT2D eigenvalue weighted by Crippen LogP contribution is 2.16. The summed E-state index contributed by atoms with van der Waals surface area (Å²) in [7, 11) is 1.40. The molecule has 1 unspecified atom stereocenters. The number of amides is 1. The first-order chi connectivity index (χ1) is 11.5. The van der Waals surface area contributed by atoms with Gasteiger partial charge in [0.2, 0.25) is 11.8 Å². The molecule has 1 aromatic heterocycles. The van der Waals surface area contributed by atoms with E-state index in [2.05, 4.69) is 15.3 Å². The van der Waals surface area contributed by atoms with E-state index in [1.807, 2.05) is 6.07 Å². The molecule has 0 saturated heterocycles. The summed E-state index contributed by atoms with van der Waals surface area (Å²) in [6, 6.07) is 9.51. The lowest BCUT2D eigenvalue weighted by Gasteiger charge is -2.16. The molecule has 1 heterocycles. The van der Waals surface area contributed by atoms with Crippen molar-refractivity contribution in [3.05, 3.63) is 52.3 Å². The van der Waals surface area contributed by atoms with Gasteiger partial charge in [-0.3, -0.25) is 14.4 Å². The van der Waals surface area contributed by atoms with Crippen LogP contribution in [0.4, 0.5) is 0 Å². The van der Waals surface area contributed by atoms with Gasteiger partial charge in [0.15, 0.2) is 10.9 Å². The third kappa shape index (κ3) is 4.95. The predicted octanol–water partition coefficient (Wildman–Crippen LogP) is 1.32. The minimum Gasteiger partial charge on any atom is -0.481 e. The average Bonchev–Trinajstić information content (AvgIpc) is 2.57. The lowest BCUT2D eigenvalue weighted by atomic mass is 10.0. The number of thioether (sulfide) groups is 1. The number of aromatic nitrogens is 2. The van der Waals surface area contributed by atoms with Crippen molar-refractivity contribution in [1.29, 1.82) is 0 Å². The lowest BCUT2D eigenvalue weighted by molar-refractivity contribution is -0.125. The Kier molecular flexibility index (Phi) is 6.14. The van der Waals surface area contributed by atoms with Crippen LogP contribution in [0, 0.1) is 0 Å². The lowest BCUT2D eigenvalue weighted by Crippen LogP contribution is -2.34. The minimum absolute atomic E-state index is 0.00667. The molecule has 0 fully saturated rings. The number of hydrogen-bond acceptors (Lipinski definition) is 6. The van der Waals surface area contributed by atoms with Gasteiger partial charge < -0.3 is 15.0 Å². The largest absolute Gasteiger partial charge is 0.481 e. The Balaban J connectivity index is 2.00. The van der Waals surface area contributed by atoms with Crippen LogP contribution in [-0.2, 0) is 9.59 Å². The van der Waals surface area contributed by atoms with Gasteiger partial charge >= 0.3 is 0 Å². The van der Waals surface area contributed by atoms with Gasteiger partial charge in [-0.15, -0.1) is 0 Å². The van der Waals surface area contributed by atoms with E-state index in [1.54, 1.807) is 24.3 Å². The maximum absolute atomic E-state index is 12.1. The van der Waals surface area contributed by atoms with E-state index >= 15 is 0 Å². The van der Waals surface area contributed by atoms with Crippen molar-refractivity contribution >= 4 is 23.5 Å². The van der Waals surface area contributed by atoms with E-state index in [4.69, 9.17) is 4.74 Å². The summed E-state index contributed by atoms with van der Waals surface area (Å²) < 4.78 is 4.91. The second-order valence-corrected chi connectivity index (χ2v) is 5.87. The van der Waals surface area contributed by atoms with Gasteiger partial charge in [0.1, 0.15) is 6.04 Å². The number of aromatic amines is 1. The standard InChI is InChI=1S/C16H17N3O4S/c1-10(20)15(11-6-4-3-5-7-11)17-13(22)9-24-16-18-12(21)8-14(19-16)23-2/h3-8,15H,9H2,1-2H3,(H,17,22)(H,18,19,21). The molecule has 0 aliphatic carbocycles. The quantitative estimate of drug-likeness (QED) is 0.579. The molecule has 1 amide bonds. The highest BCUT2D eigenvalue weighted by Gasteiger charge is 2.19. The molecule has 2 aromatic rings.